The number of rotatable bonds is 6. The number of carbonyl (C=O) groups excluding carboxylic acids is 2. The summed E-state index contributed by atoms with van der Waals surface area (Å²) in [5.41, 5.74) is 1.20. The van der Waals surface area contributed by atoms with Crippen LogP contribution in [0.1, 0.15) is 29.9 Å². The summed E-state index contributed by atoms with van der Waals surface area (Å²) >= 11 is 3.33. The highest BCUT2D eigenvalue weighted by Gasteiger charge is 2.28. The molecule has 2 aromatic rings. The van der Waals surface area contributed by atoms with E-state index < -0.39 is 12.0 Å². The first-order chi connectivity index (χ1) is 11.5. The summed E-state index contributed by atoms with van der Waals surface area (Å²) in [5, 5.41) is 0. The fourth-order valence-corrected chi connectivity index (χ4v) is 2.56. The van der Waals surface area contributed by atoms with Gasteiger partial charge in [0.2, 0.25) is 0 Å². The highest BCUT2D eigenvalue weighted by atomic mass is 79.9. The van der Waals surface area contributed by atoms with Crippen LogP contribution in [0, 0.1) is 0 Å². The molecule has 1 amide bonds. The molecule has 0 aliphatic rings. The molecule has 0 saturated heterocycles. The van der Waals surface area contributed by atoms with E-state index in [0.29, 0.717) is 6.54 Å². The number of hydrogen-bond donors (Lipinski definition) is 0. The molecule has 0 aliphatic carbocycles. The van der Waals surface area contributed by atoms with Crippen LogP contribution in [0.5, 0.6) is 0 Å². The predicted molar refractivity (Wildman–Crippen MR) is 94.3 cm³/mol. The van der Waals surface area contributed by atoms with Crippen molar-refractivity contribution in [1.82, 2.24) is 9.88 Å². The minimum Gasteiger partial charge on any atom is -0.464 e. The highest BCUT2D eigenvalue weighted by molar-refractivity contribution is 9.10. The molecular formula is C18H19BrN2O3. The molecule has 0 aliphatic heterocycles. The van der Waals surface area contributed by atoms with E-state index in [0.717, 1.165) is 10.0 Å². The fourth-order valence-electron chi connectivity index (χ4n) is 2.22. The average molecular weight is 391 g/mol. The first kappa shape index (κ1) is 18.1. The van der Waals surface area contributed by atoms with E-state index in [1.807, 2.05) is 30.3 Å². The van der Waals surface area contributed by atoms with Crippen molar-refractivity contribution in [3.8, 4) is 0 Å². The van der Waals surface area contributed by atoms with Crippen LogP contribution in [0.2, 0.25) is 0 Å². The lowest BCUT2D eigenvalue weighted by Crippen LogP contribution is -2.43. The summed E-state index contributed by atoms with van der Waals surface area (Å²) in [4.78, 5) is 30.6. The molecule has 0 fully saturated rings. The lowest BCUT2D eigenvalue weighted by Gasteiger charge is -2.27. The van der Waals surface area contributed by atoms with Gasteiger partial charge < -0.3 is 9.64 Å². The quantitative estimate of drug-likeness (QED) is 0.708. The zero-order valence-electron chi connectivity index (χ0n) is 13.6. The Hall–Kier alpha value is -2.21. The number of benzene rings is 1. The Bertz CT molecular complexity index is 706. The molecule has 0 saturated carbocycles. The number of hydrogen-bond acceptors (Lipinski definition) is 4. The van der Waals surface area contributed by atoms with Crippen LogP contribution < -0.4 is 0 Å². The smallest absolute Gasteiger partial charge is 0.328 e. The van der Waals surface area contributed by atoms with Crippen molar-refractivity contribution in [2.24, 2.45) is 0 Å². The number of esters is 1. The first-order valence-corrected chi connectivity index (χ1v) is 8.45. The number of ether oxygens (including phenoxy) is 1. The normalized spacial score (nSPS) is 11.6. The van der Waals surface area contributed by atoms with Gasteiger partial charge in [0, 0.05) is 17.2 Å². The fraction of sp³-hybridized carbons (Fsp3) is 0.278. The van der Waals surface area contributed by atoms with Crippen LogP contribution in [-0.4, -0.2) is 34.4 Å². The van der Waals surface area contributed by atoms with Crippen molar-refractivity contribution < 1.29 is 14.3 Å². The van der Waals surface area contributed by atoms with Gasteiger partial charge in [-0.2, -0.15) is 0 Å². The maximum atomic E-state index is 12.9. The third-order valence-electron chi connectivity index (χ3n) is 3.49. The van der Waals surface area contributed by atoms with Gasteiger partial charge in [0.05, 0.1) is 6.61 Å². The van der Waals surface area contributed by atoms with E-state index in [1.54, 1.807) is 32.2 Å². The van der Waals surface area contributed by atoms with Crippen LogP contribution in [0.3, 0.4) is 0 Å². The van der Waals surface area contributed by atoms with Crippen molar-refractivity contribution in [1.29, 1.82) is 0 Å². The molecule has 0 N–H and O–H groups in total. The topological polar surface area (TPSA) is 59.5 Å². The second-order valence-corrected chi connectivity index (χ2v) is 6.12. The van der Waals surface area contributed by atoms with Gasteiger partial charge in [0.25, 0.3) is 5.91 Å². The average Bonchev–Trinajstić information content (AvgIpc) is 2.59. The number of halogens is 1. The van der Waals surface area contributed by atoms with Crippen molar-refractivity contribution in [2.45, 2.75) is 26.4 Å². The summed E-state index contributed by atoms with van der Waals surface area (Å²) in [5.74, 6) is -0.752. The predicted octanol–water partition coefficient (Wildman–Crippen LogP) is 3.44. The molecule has 126 valence electrons. The summed E-state index contributed by atoms with van der Waals surface area (Å²) in [6.07, 6.45) is 1.55. The van der Waals surface area contributed by atoms with Gasteiger partial charge in [-0.25, -0.2) is 4.79 Å². The number of amides is 1. The van der Waals surface area contributed by atoms with E-state index in [2.05, 4.69) is 20.9 Å². The molecule has 6 heteroatoms. The molecule has 0 radical (unpaired) electrons. The molecule has 2 rings (SSSR count). The molecule has 1 atom stereocenters. The Morgan fingerprint density at radius 2 is 1.96 bits per heavy atom. The van der Waals surface area contributed by atoms with Crippen LogP contribution in [0.15, 0.2) is 53.1 Å². The minimum atomic E-state index is -0.710. The Morgan fingerprint density at radius 1 is 1.25 bits per heavy atom. The molecule has 0 spiro atoms. The summed E-state index contributed by atoms with van der Waals surface area (Å²) in [7, 11) is 0. The molecule has 1 unspecified atom stereocenters. The molecule has 1 aromatic carbocycles. The lowest BCUT2D eigenvalue weighted by atomic mass is 10.1. The molecular weight excluding hydrogens is 372 g/mol. The van der Waals surface area contributed by atoms with Crippen molar-refractivity contribution >= 4 is 27.8 Å². The van der Waals surface area contributed by atoms with E-state index in [4.69, 9.17) is 4.74 Å². The maximum Gasteiger partial charge on any atom is 0.328 e. The van der Waals surface area contributed by atoms with Gasteiger partial charge in [-0.15, -0.1) is 0 Å². The van der Waals surface area contributed by atoms with Gasteiger partial charge in [0.15, 0.2) is 0 Å². The van der Waals surface area contributed by atoms with Gasteiger partial charge in [0.1, 0.15) is 11.7 Å². The number of nitrogens with zero attached hydrogens (tertiary/aromatic N) is 2. The molecule has 1 heterocycles. The first-order valence-electron chi connectivity index (χ1n) is 7.66. The van der Waals surface area contributed by atoms with E-state index in [-0.39, 0.29) is 18.2 Å². The van der Waals surface area contributed by atoms with Gasteiger partial charge >= 0.3 is 5.97 Å². The Morgan fingerprint density at radius 3 is 2.58 bits per heavy atom. The molecule has 0 bridgehead atoms. The van der Waals surface area contributed by atoms with Crippen molar-refractivity contribution in [3.63, 3.8) is 0 Å². The maximum absolute atomic E-state index is 12.9. The summed E-state index contributed by atoms with van der Waals surface area (Å²) in [6, 6.07) is 12.2. The Balaban J connectivity index is 2.30. The third-order valence-corrected chi connectivity index (χ3v) is 3.99. The highest BCUT2D eigenvalue weighted by Crippen LogP contribution is 2.16. The minimum absolute atomic E-state index is 0.270. The van der Waals surface area contributed by atoms with E-state index in [9.17, 15) is 9.59 Å². The second kappa shape index (κ2) is 8.59. The van der Waals surface area contributed by atoms with Crippen LogP contribution in [-0.2, 0) is 16.1 Å². The number of pyridine rings is 1. The van der Waals surface area contributed by atoms with Gasteiger partial charge in [-0.05, 0) is 31.5 Å². The van der Waals surface area contributed by atoms with E-state index in [1.165, 1.54) is 4.90 Å². The molecule has 24 heavy (non-hydrogen) atoms. The third kappa shape index (κ3) is 4.64. The largest absolute Gasteiger partial charge is 0.464 e. The van der Waals surface area contributed by atoms with Gasteiger partial charge in [-0.1, -0.05) is 46.3 Å². The standard InChI is InChI=1S/C18H19BrN2O3/c1-3-24-18(23)13(2)21(12-14-7-5-4-6-8-14)17(22)16-11-15(19)9-10-20-16/h4-11,13H,3,12H2,1-2H3. The SMILES string of the molecule is CCOC(=O)C(C)N(Cc1ccccc1)C(=O)c1cc(Br)ccn1. The Kier molecular flexibility index (Phi) is 6.49. The van der Waals surface area contributed by atoms with Crippen LogP contribution in [0.25, 0.3) is 0 Å². The van der Waals surface area contributed by atoms with Crippen LogP contribution in [0.4, 0.5) is 0 Å². The summed E-state index contributed by atoms with van der Waals surface area (Å²) < 4.78 is 5.82. The Labute approximate surface area is 149 Å². The second-order valence-electron chi connectivity index (χ2n) is 5.21. The zero-order valence-corrected chi connectivity index (χ0v) is 15.2. The summed E-state index contributed by atoms with van der Waals surface area (Å²) in [6.45, 7) is 3.97. The lowest BCUT2D eigenvalue weighted by molar-refractivity contribution is -0.148. The molecule has 1 aromatic heterocycles. The van der Waals surface area contributed by atoms with E-state index >= 15 is 0 Å². The number of aromatic nitrogens is 1. The number of carbonyl (C=O) groups is 2. The monoisotopic (exact) mass is 390 g/mol. The molecule has 5 nitrogen and oxygen atoms in total. The van der Waals surface area contributed by atoms with Gasteiger partial charge in [-0.3, -0.25) is 9.78 Å². The van der Waals surface area contributed by atoms with Crippen LogP contribution >= 0.6 is 15.9 Å². The zero-order chi connectivity index (χ0) is 17.5. The van der Waals surface area contributed by atoms with Crippen molar-refractivity contribution in [2.75, 3.05) is 6.61 Å². The van der Waals surface area contributed by atoms with Crippen molar-refractivity contribution in [3.05, 3.63) is 64.4 Å².